The van der Waals surface area contributed by atoms with Gasteiger partial charge in [0.05, 0.1) is 11.9 Å². The summed E-state index contributed by atoms with van der Waals surface area (Å²) in [5.41, 5.74) is 9.56. The zero-order valence-electron chi connectivity index (χ0n) is 10.3. The Bertz CT molecular complexity index is 500. The normalized spacial score (nSPS) is 10.3. The van der Waals surface area contributed by atoms with Crippen molar-refractivity contribution < 1.29 is 4.74 Å². The molecular weight excluding hydrogens is 212 g/mol. The number of nitrogens with two attached hydrogens (primary N) is 1. The van der Waals surface area contributed by atoms with Crippen molar-refractivity contribution >= 4 is 5.69 Å². The summed E-state index contributed by atoms with van der Waals surface area (Å²) in [6, 6.07) is 7.92. The van der Waals surface area contributed by atoms with Gasteiger partial charge in [-0.05, 0) is 38.5 Å². The van der Waals surface area contributed by atoms with Gasteiger partial charge in [-0.15, -0.1) is 0 Å². The lowest BCUT2D eigenvalue weighted by Gasteiger charge is -2.10. The number of hydrogen-bond acceptors (Lipinski definition) is 3. The number of rotatable bonds is 2. The van der Waals surface area contributed by atoms with Gasteiger partial charge in [0.25, 0.3) is 0 Å². The summed E-state index contributed by atoms with van der Waals surface area (Å²) in [7, 11) is 0. The van der Waals surface area contributed by atoms with Crippen LogP contribution in [-0.4, -0.2) is 4.98 Å². The minimum Gasteiger partial charge on any atom is -0.438 e. The molecule has 0 aliphatic carbocycles. The molecule has 2 rings (SSSR count). The standard InChI is InChI=1S/C14H16N2O/c1-9-4-5-13(10(2)6-9)17-14-11(3)7-12(15)8-16-14/h4-8H,15H2,1-3H3. The van der Waals surface area contributed by atoms with Gasteiger partial charge in [-0.2, -0.15) is 0 Å². The maximum atomic E-state index is 5.78. The summed E-state index contributed by atoms with van der Waals surface area (Å²) < 4.78 is 5.78. The predicted molar refractivity (Wildman–Crippen MR) is 69.4 cm³/mol. The third kappa shape index (κ3) is 2.56. The molecule has 0 atom stereocenters. The van der Waals surface area contributed by atoms with Crippen LogP contribution in [0.2, 0.25) is 0 Å². The average molecular weight is 228 g/mol. The lowest BCUT2D eigenvalue weighted by Crippen LogP contribution is -1.95. The Morgan fingerprint density at radius 1 is 1.06 bits per heavy atom. The fourth-order valence-corrected chi connectivity index (χ4v) is 1.71. The number of ether oxygens (including phenoxy) is 1. The van der Waals surface area contributed by atoms with E-state index in [4.69, 9.17) is 10.5 Å². The van der Waals surface area contributed by atoms with Crippen molar-refractivity contribution in [2.45, 2.75) is 20.8 Å². The van der Waals surface area contributed by atoms with E-state index in [1.807, 2.05) is 32.0 Å². The van der Waals surface area contributed by atoms with E-state index in [0.717, 1.165) is 16.9 Å². The van der Waals surface area contributed by atoms with Crippen molar-refractivity contribution in [3.63, 3.8) is 0 Å². The zero-order valence-corrected chi connectivity index (χ0v) is 10.3. The number of hydrogen-bond donors (Lipinski definition) is 1. The first-order chi connectivity index (χ1) is 8.06. The molecule has 0 radical (unpaired) electrons. The molecule has 0 fully saturated rings. The molecule has 0 amide bonds. The van der Waals surface area contributed by atoms with Crippen LogP contribution in [0.25, 0.3) is 0 Å². The molecular formula is C14H16N2O. The maximum Gasteiger partial charge on any atom is 0.222 e. The highest BCUT2D eigenvalue weighted by molar-refractivity contribution is 5.44. The summed E-state index contributed by atoms with van der Waals surface area (Å²) in [4.78, 5) is 4.19. The van der Waals surface area contributed by atoms with E-state index in [2.05, 4.69) is 18.0 Å². The van der Waals surface area contributed by atoms with Crippen LogP contribution >= 0.6 is 0 Å². The lowest BCUT2D eigenvalue weighted by molar-refractivity contribution is 0.455. The molecule has 0 aliphatic rings. The van der Waals surface area contributed by atoms with E-state index in [1.165, 1.54) is 5.56 Å². The summed E-state index contributed by atoms with van der Waals surface area (Å²) >= 11 is 0. The molecule has 0 saturated heterocycles. The second-order valence-electron chi connectivity index (χ2n) is 4.26. The van der Waals surface area contributed by atoms with Gasteiger partial charge in [-0.25, -0.2) is 4.98 Å². The second-order valence-corrected chi connectivity index (χ2v) is 4.26. The van der Waals surface area contributed by atoms with E-state index in [0.29, 0.717) is 11.6 Å². The first-order valence-corrected chi connectivity index (χ1v) is 5.53. The molecule has 1 aromatic carbocycles. The topological polar surface area (TPSA) is 48.1 Å². The Morgan fingerprint density at radius 2 is 1.82 bits per heavy atom. The molecule has 2 aromatic rings. The van der Waals surface area contributed by atoms with Gasteiger partial charge in [0.1, 0.15) is 5.75 Å². The molecule has 1 aromatic heterocycles. The minimum absolute atomic E-state index is 0.603. The van der Waals surface area contributed by atoms with Gasteiger partial charge in [0, 0.05) is 5.56 Å². The number of benzene rings is 1. The average Bonchev–Trinajstić information content (AvgIpc) is 2.25. The van der Waals surface area contributed by atoms with Crippen LogP contribution in [0.3, 0.4) is 0 Å². The number of anilines is 1. The maximum absolute atomic E-state index is 5.78. The molecule has 88 valence electrons. The molecule has 3 heteroatoms. The number of nitrogens with zero attached hydrogens (tertiary/aromatic N) is 1. The fraction of sp³-hybridized carbons (Fsp3) is 0.214. The van der Waals surface area contributed by atoms with Crippen LogP contribution < -0.4 is 10.5 Å². The first kappa shape index (κ1) is 11.5. The smallest absolute Gasteiger partial charge is 0.222 e. The highest BCUT2D eigenvalue weighted by atomic mass is 16.5. The van der Waals surface area contributed by atoms with Crippen molar-refractivity contribution in [3.8, 4) is 11.6 Å². The van der Waals surface area contributed by atoms with Crippen LogP contribution in [-0.2, 0) is 0 Å². The lowest BCUT2D eigenvalue weighted by atomic mass is 10.1. The number of pyridine rings is 1. The predicted octanol–water partition coefficient (Wildman–Crippen LogP) is 3.38. The summed E-state index contributed by atoms with van der Waals surface area (Å²) in [5, 5.41) is 0. The quantitative estimate of drug-likeness (QED) is 0.857. The Morgan fingerprint density at radius 3 is 2.47 bits per heavy atom. The molecule has 2 N–H and O–H groups in total. The third-order valence-electron chi connectivity index (χ3n) is 2.59. The second kappa shape index (κ2) is 4.45. The SMILES string of the molecule is Cc1ccc(Oc2ncc(N)cc2C)c(C)c1. The Balaban J connectivity index is 2.31. The summed E-state index contributed by atoms with van der Waals surface area (Å²) in [6.45, 7) is 6.01. The summed E-state index contributed by atoms with van der Waals surface area (Å²) in [6.07, 6.45) is 1.60. The van der Waals surface area contributed by atoms with E-state index < -0.39 is 0 Å². The van der Waals surface area contributed by atoms with E-state index >= 15 is 0 Å². The van der Waals surface area contributed by atoms with Gasteiger partial charge in [-0.3, -0.25) is 0 Å². The number of aryl methyl sites for hydroxylation is 3. The molecule has 0 unspecified atom stereocenters. The Labute approximate surface area is 101 Å². The van der Waals surface area contributed by atoms with Crippen molar-refractivity contribution in [1.29, 1.82) is 0 Å². The van der Waals surface area contributed by atoms with Crippen molar-refractivity contribution in [3.05, 3.63) is 47.2 Å². The number of nitrogen functional groups attached to an aromatic ring is 1. The van der Waals surface area contributed by atoms with Gasteiger partial charge >= 0.3 is 0 Å². The van der Waals surface area contributed by atoms with Crippen LogP contribution in [0.4, 0.5) is 5.69 Å². The first-order valence-electron chi connectivity index (χ1n) is 5.53. The molecule has 0 bridgehead atoms. The molecule has 1 heterocycles. The fourth-order valence-electron chi connectivity index (χ4n) is 1.71. The minimum atomic E-state index is 0.603. The monoisotopic (exact) mass is 228 g/mol. The molecule has 3 nitrogen and oxygen atoms in total. The highest BCUT2D eigenvalue weighted by Gasteiger charge is 2.05. The molecule has 17 heavy (non-hydrogen) atoms. The third-order valence-corrected chi connectivity index (χ3v) is 2.59. The van der Waals surface area contributed by atoms with Gasteiger partial charge in [-0.1, -0.05) is 17.7 Å². The molecule has 0 spiro atoms. The van der Waals surface area contributed by atoms with E-state index in [9.17, 15) is 0 Å². The molecule has 0 saturated carbocycles. The van der Waals surface area contributed by atoms with Crippen molar-refractivity contribution in [2.24, 2.45) is 0 Å². The Kier molecular flexibility index (Phi) is 3.00. The summed E-state index contributed by atoms with van der Waals surface area (Å²) in [5.74, 6) is 1.43. The van der Waals surface area contributed by atoms with Gasteiger partial charge in [0.15, 0.2) is 0 Å². The van der Waals surface area contributed by atoms with Crippen molar-refractivity contribution in [2.75, 3.05) is 5.73 Å². The van der Waals surface area contributed by atoms with Gasteiger partial charge < -0.3 is 10.5 Å². The van der Waals surface area contributed by atoms with Crippen LogP contribution in [0, 0.1) is 20.8 Å². The largest absolute Gasteiger partial charge is 0.438 e. The van der Waals surface area contributed by atoms with Crippen LogP contribution in [0.5, 0.6) is 11.6 Å². The highest BCUT2D eigenvalue weighted by Crippen LogP contribution is 2.27. The molecule has 0 aliphatic heterocycles. The van der Waals surface area contributed by atoms with Crippen molar-refractivity contribution in [1.82, 2.24) is 4.98 Å². The van der Waals surface area contributed by atoms with E-state index in [-0.39, 0.29) is 0 Å². The van der Waals surface area contributed by atoms with E-state index in [1.54, 1.807) is 6.20 Å². The van der Waals surface area contributed by atoms with Crippen LogP contribution in [0.1, 0.15) is 16.7 Å². The number of aromatic nitrogens is 1. The Hall–Kier alpha value is -2.03. The zero-order chi connectivity index (χ0) is 12.4. The van der Waals surface area contributed by atoms with Gasteiger partial charge in [0.2, 0.25) is 5.88 Å². The van der Waals surface area contributed by atoms with Crippen LogP contribution in [0.15, 0.2) is 30.5 Å².